The fourth-order valence-corrected chi connectivity index (χ4v) is 2.85. The lowest BCUT2D eigenvalue weighted by Gasteiger charge is -2.25. The van der Waals surface area contributed by atoms with E-state index in [4.69, 9.17) is 0 Å². The zero-order valence-corrected chi connectivity index (χ0v) is 13.8. The molecule has 1 unspecified atom stereocenters. The summed E-state index contributed by atoms with van der Waals surface area (Å²) in [4.78, 5) is 6.42. The number of aromatic nitrogens is 1. The maximum absolute atomic E-state index is 9.28. The van der Waals surface area contributed by atoms with Crippen molar-refractivity contribution < 1.29 is 5.11 Å². The van der Waals surface area contributed by atoms with Crippen molar-refractivity contribution in [3.8, 4) is 0 Å². The zero-order valence-electron chi connectivity index (χ0n) is 12.2. The van der Waals surface area contributed by atoms with E-state index < -0.39 is 0 Å². The van der Waals surface area contributed by atoms with Gasteiger partial charge < -0.3 is 5.11 Å². The van der Waals surface area contributed by atoms with Crippen LogP contribution < -0.4 is 0 Å². The van der Waals surface area contributed by atoms with Crippen LogP contribution in [0.2, 0.25) is 0 Å². The van der Waals surface area contributed by atoms with Crippen LogP contribution in [0.5, 0.6) is 0 Å². The van der Waals surface area contributed by atoms with Crippen molar-refractivity contribution in [2.75, 3.05) is 19.7 Å². The topological polar surface area (TPSA) is 36.4 Å². The van der Waals surface area contributed by atoms with Gasteiger partial charge in [-0.2, -0.15) is 0 Å². The number of pyridine rings is 1. The maximum atomic E-state index is 9.28. The average molecular weight is 349 g/mol. The number of nitrogens with zero attached hydrogens (tertiary/aromatic N) is 2. The van der Waals surface area contributed by atoms with Gasteiger partial charge >= 0.3 is 0 Å². The van der Waals surface area contributed by atoms with Crippen molar-refractivity contribution in [1.29, 1.82) is 0 Å². The molecule has 21 heavy (non-hydrogen) atoms. The Morgan fingerprint density at radius 3 is 2.81 bits per heavy atom. The molecule has 2 aromatic rings. The molecule has 0 aliphatic rings. The summed E-state index contributed by atoms with van der Waals surface area (Å²) in [6, 6.07) is 12.4. The zero-order chi connectivity index (χ0) is 15.1. The Balaban J connectivity index is 2.02. The Hall–Kier alpha value is -1.23. The molecule has 0 fully saturated rings. The maximum Gasteiger partial charge on any atom is 0.0558 e. The highest BCUT2D eigenvalue weighted by Gasteiger charge is 2.12. The van der Waals surface area contributed by atoms with Crippen LogP contribution in [0.4, 0.5) is 0 Å². The lowest BCUT2D eigenvalue weighted by molar-refractivity contribution is 0.184. The Morgan fingerprint density at radius 1 is 1.29 bits per heavy atom. The van der Waals surface area contributed by atoms with Gasteiger partial charge in [0.15, 0.2) is 0 Å². The lowest BCUT2D eigenvalue weighted by Crippen LogP contribution is -2.30. The molecule has 2 rings (SSSR count). The smallest absolute Gasteiger partial charge is 0.0558 e. The third-order valence-electron chi connectivity index (χ3n) is 3.49. The third kappa shape index (κ3) is 5.23. The summed E-state index contributed by atoms with van der Waals surface area (Å²) in [5.41, 5.74) is 2.48. The first kappa shape index (κ1) is 16.1. The predicted octanol–water partition coefficient (Wildman–Crippen LogP) is 3.44. The van der Waals surface area contributed by atoms with E-state index in [2.05, 4.69) is 57.0 Å². The molecule has 0 aliphatic heterocycles. The van der Waals surface area contributed by atoms with E-state index in [0.29, 0.717) is 12.5 Å². The molecule has 1 atom stereocenters. The summed E-state index contributed by atoms with van der Waals surface area (Å²) in [6.07, 6.45) is 3.66. The first-order valence-corrected chi connectivity index (χ1v) is 7.96. The Labute approximate surface area is 134 Å². The van der Waals surface area contributed by atoms with Crippen LogP contribution in [0, 0.1) is 0 Å². The third-order valence-corrected chi connectivity index (χ3v) is 3.99. The van der Waals surface area contributed by atoms with Crippen molar-refractivity contribution in [2.24, 2.45) is 0 Å². The highest BCUT2D eigenvalue weighted by atomic mass is 79.9. The molecule has 0 spiro atoms. The van der Waals surface area contributed by atoms with Gasteiger partial charge in [0.2, 0.25) is 0 Å². The first-order chi connectivity index (χ1) is 10.2. The molecule has 0 saturated heterocycles. The van der Waals surface area contributed by atoms with Gasteiger partial charge in [0.25, 0.3) is 0 Å². The summed E-state index contributed by atoms with van der Waals surface area (Å²) in [7, 11) is 0. The molecule has 0 saturated carbocycles. The van der Waals surface area contributed by atoms with E-state index in [1.54, 1.807) is 6.20 Å². The van der Waals surface area contributed by atoms with E-state index in [1.165, 1.54) is 11.1 Å². The predicted molar refractivity (Wildman–Crippen MR) is 89.2 cm³/mol. The molecule has 1 aromatic carbocycles. The van der Waals surface area contributed by atoms with Crippen LogP contribution in [0.15, 0.2) is 53.3 Å². The highest BCUT2D eigenvalue weighted by Crippen LogP contribution is 2.21. The van der Waals surface area contributed by atoms with E-state index >= 15 is 0 Å². The molecule has 112 valence electrons. The number of hydrogen-bond donors (Lipinski definition) is 1. The summed E-state index contributed by atoms with van der Waals surface area (Å²) in [6.45, 7) is 4.78. The normalized spacial score (nSPS) is 12.6. The molecule has 3 nitrogen and oxygen atoms in total. The standard InChI is InChI=1S/C17H21BrN2O/c1-14(16-5-2-6-17(18)10-16)12-20(8-9-21)13-15-4-3-7-19-11-15/h2-7,10-11,14,21H,8-9,12-13H2,1H3. The molecular weight excluding hydrogens is 328 g/mol. The van der Waals surface area contributed by atoms with Gasteiger partial charge in [-0.3, -0.25) is 9.88 Å². The van der Waals surface area contributed by atoms with Crippen molar-refractivity contribution in [2.45, 2.75) is 19.4 Å². The van der Waals surface area contributed by atoms with Gasteiger partial charge in [-0.25, -0.2) is 0 Å². The molecule has 0 radical (unpaired) electrons. The van der Waals surface area contributed by atoms with Gasteiger partial charge in [-0.1, -0.05) is 41.1 Å². The van der Waals surface area contributed by atoms with Crippen molar-refractivity contribution in [3.05, 3.63) is 64.4 Å². The van der Waals surface area contributed by atoms with Crippen LogP contribution in [-0.4, -0.2) is 34.7 Å². The molecule has 1 N–H and O–H groups in total. The van der Waals surface area contributed by atoms with Gasteiger partial charge in [0.05, 0.1) is 6.61 Å². The number of hydrogen-bond acceptors (Lipinski definition) is 3. The molecule has 0 bridgehead atoms. The average Bonchev–Trinajstić information content (AvgIpc) is 2.48. The number of rotatable bonds is 7. The van der Waals surface area contributed by atoms with E-state index in [-0.39, 0.29) is 6.61 Å². The Kier molecular flexibility index (Phi) is 6.36. The number of benzene rings is 1. The minimum Gasteiger partial charge on any atom is -0.395 e. The highest BCUT2D eigenvalue weighted by molar-refractivity contribution is 9.10. The summed E-state index contributed by atoms with van der Waals surface area (Å²) in [5, 5.41) is 9.28. The Morgan fingerprint density at radius 2 is 2.14 bits per heavy atom. The van der Waals surface area contributed by atoms with E-state index in [1.807, 2.05) is 18.3 Å². The van der Waals surface area contributed by atoms with Gasteiger partial charge in [-0.15, -0.1) is 0 Å². The minimum atomic E-state index is 0.172. The van der Waals surface area contributed by atoms with Crippen molar-refractivity contribution in [3.63, 3.8) is 0 Å². The molecule has 0 amide bonds. The summed E-state index contributed by atoms with van der Waals surface area (Å²) >= 11 is 3.52. The summed E-state index contributed by atoms with van der Waals surface area (Å²) < 4.78 is 1.10. The van der Waals surface area contributed by atoms with Crippen molar-refractivity contribution in [1.82, 2.24) is 9.88 Å². The van der Waals surface area contributed by atoms with Gasteiger partial charge in [0.1, 0.15) is 0 Å². The van der Waals surface area contributed by atoms with Gasteiger partial charge in [0, 0.05) is 36.5 Å². The van der Waals surface area contributed by atoms with Crippen LogP contribution in [-0.2, 0) is 6.54 Å². The second-order valence-corrected chi connectivity index (χ2v) is 6.19. The molecule has 1 aromatic heterocycles. The van der Waals surface area contributed by atoms with Crippen LogP contribution in [0.25, 0.3) is 0 Å². The monoisotopic (exact) mass is 348 g/mol. The second kappa shape index (κ2) is 8.27. The van der Waals surface area contributed by atoms with Gasteiger partial charge in [-0.05, 0) is 35.2 Å². The fraction of sp³-hybridized carbons (Fsp3) is 0.353. The van der Waals surface area contributed by atoms with Crippen molar-refractivity contribution >= 4 is 15.9 Å². The molecule has 4 heteroatoms. The van der Waals surface area contributed by atoms with E-state index in [0.717, 1.165) is 17.6 Å². The first-order valence-electron chi connectivity index (χ1n) is 7.16. The summed E-state index contributed by atoms with van der Waals surface area (Å²) in [5.74, 6) is 0.408. The lowest BCUT2D eigenvalue weighted by atomic mass is 10.0. The SMILES string of the molecule is CC(CN(CCO)Cc1cccnc1)c1cccc(Br)c1. The Bertz CT molecular complexity index is 547. The molecular formula is C17H21BrN2O. The number of aliphatic hydroxyl groups is 1. The van der Waals surface area contributed by atoms with Crippen LogP contribution in [0.1, 0.15) is 24.0 Å². The molecule has 0 aliphatic carbocycles. The number of aliphatic hydroxyl groups excluding tert-OH is 1. The fourth-order valence-electron chi connectivity index (χ4n) is 2.43. The quantitative estimate of drug-likeness (QED) is 0.832. The largest absolute Gasteiger partial charge is 0.395 e. The van der Waals surface area contributed by atoms with Crippen LogP contribution in [0.3, 0.4) is 0 Å². The van der Waals surface area contributed by atoms with Crippen LogP contribution >= 0.6 is 15.9 Å². The minimum absolute atomic E-state index is 0.172. The molecule has 1 heterocycles. The number of halogens is 1. The second-order valence-electron chi connectivity index (χ2n) is 5.28. The van der Waals surface area contributed by atoms with E-state index in [9.17, 15) is 5.11 Å².